The number of methoxy groups -OCH3 is 2. The number of hydrogen-bond acceptors (Lipinski definition) is 5. The first-order chi connectivity index (χ1) is 12.9. The van der Waals surface area contributed by atoms with E-state index in [1.165, 1.54) is 25.2 Å². The molecule has 138 valence electrons. The molecule has 2 aromatic carbocycles. The van der Waals surface area contributed by atoms with E-state index in [-0.39, 0.29) is 11.1 Å². The van der Waals surface area contributed by atoms with Gasteiger partial charge in [0.2, 0.25) is 0 Å². The maximum absolute atomic E-state index is 12.8. The summed E-state index contributed by atoms with van der Waals surface area (Å²) in [7, 11) is 2.71. The van der Waals surface area contributed by atoms with E-state index in [4.69, 9.17) is 9.47 Å². The molecular weight excluding hydrogens is 414 g/mol. The molecule has 1 aliphatic rings. The smallest absolute Gasteiger partial charge is 0.335 e. The van der Waals surface area contributed by atoms with Gasteiger partial charge in [0.05, 0.1) is 37.1 Å². The molecule has 0 unspecified atom stereocenters. The van der Waals surface area contributed by atoms with Crippen molar-refractivity contribution in [3.8, 4) is 5.75 Å². The Hall–Kier alpha value is -2.93. The Balaban J connectivity index is 2.17. The van der Waals surface area contributed by atoms with Crippen LogP contribution in [0.15, 0.2) is 59.1 Å². The normalized spacial score (nSPS) is 14.0. The van der Waals surface area contributed by atoms with Crippen LogP contribution in [0.3, 0.4) is 0 Å². The average Bonchev–Trinajstić information content (AvgIpc) is 2.93. The van der Waals surface area contributed by atoms with E-state index in [2.05, 4.69) is 22.5 Å². The molecule has 0 spiro atoms. The van der Waals surface area contributed by atoms with Crippen LogP contribution in [0, 0.1) is 0 Å². The van der Waals surface area contributed by atoms with Gasteiger partial charge in [-0.3, -0.25) is 14.5 Å². The summed E-state index contributed by atoms with van der Waals surface area (Å²) in [5, 5.41) is 0. The summed E-state index contributed by atoms with van der Waals surface area (Å²) in [5.74, 6) is -1.60. The van der Waals surface area contributed by atoms with E-state index in [0.29, 0.717) is 17.0 Å². The van der Waals surface area contributed by atoms with E-state index in [9.17, 15) is 14.4 Å². The Kier molecular flexibility index (Phi) is 5.14. The van der Waals surface area contributed by atoms with Crippen LogP contribution in [0.1, 0.15) is 22.0 Å². The molecule has 0 saturated heterocycles. The lowest BCUT2D eigenvalue weighted by atomic mass is 9.97. The van der Waals surface area contributed by atoms with Gasteiger partial charge in [0.25, 0.3) is 11.7 Å². The minimum Gasteiger partial charge on any atom is -0.497 e. The fourth-order valence-corrected chi connectivity index (χ4v) is 3.28. The molecule has 7 heteroatoms. The second-order valence-corrected chi connectivity index (χ2v) is 6.77. The van der Waals surface area contributed by atoms with Gasteiger partial charge in [-0.1, -0.05) is 34.6 Å². The predicted molar refractivity (Wildman–Crippen MR) is 103 cm³/mol. The van der Waals surface area contributed by atoms with Crippen LogP contribution in [-0.4, -0.2) is 31.9 Å². The van der Waals surface area contributed by atoms with Gasteiger partial charge in [-0.15, -0.1) is 0 Å². The zero-order chi connectivity index (χ0) is 19.7. The summed E-state index contributed by atoms with van der Waals surface area (Å²) >= 11 is 3.36. The molecule has 0 radical (unpaired) electrons. The van der Waals surface area contributed by atoms with E-state index >= 15 is 0 Å². The average molecular weight is 430 g/mol. The molecule has 1 heterocycles. The number of benzene rings is 2. The Bertz CT molecular complexity index is 951. The number of rotatable bonds is 5. The maximum Gasteiger partial charge on any atom is 0.335 e. The van der Waals surface area contributed by atoms with Crippen molar-refractivity contribution in [2.24, 2.45) is 0 Å². The molecular formula is C20H16BrNO5. The Morgan fingerprint density at radius 3 is 2.37 bits per heavy atom. The molecule has 0 aromatic heterocycles. The summed E-state index contributed by atoms with van der Waals surface area (Å²) in [6.07, 6.45) is 0. The molecule has 1 amide bonds. The highest BCUT2D eigenvalue weighted by Crippen LogP contribution is 2.40. The lowest BCUT2D eigenvalue weighted by molar-refractivity contribution is -0.136. The van der Waals surface area contributed by atoms with Crippen LogP contribution in [0.2, 0.25) is 0 Å². The number of ether oxygens (including phenoxy) is 2. The number of amides is 1. The number of hydrogen-bond donors (Lipinski definition) is 0. The number of halogens is 1. The van der Waals surface area contributed by atoms with Gasteiger partial charge in [0.15, 0.2) is 0 Å². The molecule has 27 heavy (non-hydrogen) atoms. The van der Waals surface area contributed by atoms with Crippen LogP contribution in [0.5, 0.6) is 5.75 Å². The van der Waals surface area contributed by atoms with Gasteiger partial charge in [0, 0.05) is 4.47 Å². The van der Waals surface area contributed by atoms with E-state index in [0.717, 1.165) is 4.47 Å². The fraction of sp³-hybridized carbons (Fsp3) is 0.150. The lowest BCUT2D eigenvalue weighted by Gasteiger charge is -2.29. The summed E-state index contributed by atoms with van der Waals surface area (Å²) in [6.45, 7) is 3.82. The Labute approximate surface area is 164 Å². The minimum atomic E-state index is -0.878. The third kappa shape index (κ3) is 3.26. The van der Waals surface area contributed by atoms with Crippen molar-refractivity contribution in [3.63, 3.8) is 0 Å². The maximum atomic E-state index is 12.8. The Morgan fingerprint density at radius 2 is 1.78 bits per heavy atom. The number of esters is 1. The topological polar surface area (TPSA) is 72.9 Å². The monoisotopic (exact) mass is 429 g/mol. The second kappa shape index (κ2) is 7.36. The van der Waals surface area contributed by atoms with Crippen molar-refractivity contribution in [2.75, 3.05) is 19.1 Å². The van der Waals surface area contributed by atoms with Crippen LogP contribution >= 0.6 is 15.9 Å². The summed E-state index contributed by atoms with van der Waals surface area (Å²) < 4.78 is 10.8. The summed E-state index contributed by atoms with van der Waals surface area (Å²) in [6, 6.07) is 11.0. The number of ketones is 1. The SMILES string of the molecule is C=C(C(=O)OC)[C@H](c1ccc(Br)cc1)N1C(=O)C(=O)c2cc(OC)ccc21. The molecule has 0 fully saturated rings. The first kappa shape index (κ1) is 18.8. The highest BCUT2D eigenvalue weighted by Gasteiger charge is 2.43. The van der Waals surface area contributed by atoms with Crippen LogP contribution in [0.4, 0.5) is 5.69 Å². The van der Waals surface area contributed by atoms with Gasteiger partial charge in [-0.05, 0) is 35.9 Å². The Morgan fingerprint density at radius 1 is 1.11 bits per heavy atom. The number of Topliss-reactive ketones (excluding diaryl/α,β-unsaturated/α-hetero) is 1. The van der Waals surface area contributed by atoms with Crippen LogP contribution in [0.25, 0.3) is 0 Å². The molecule has 6 nitrogen and oxygen atoms in total. The number of anilines is 1. The third-order valence-electron chi connectivity index (χ3n) is 4.34. The van der Waals surface area contributed by atoms with E-state index in [1.807, 2.05) is 0 Å². The molecule has 0 aliphatic carbocycles. The molecule has 3 rings (SSSR count). The highest BCUT2D eigenvalue weighted by atomic mass is 79.9. The van der Waals surface area contributed by atoms with Gasteiger partial charge in [-0.25, -0.2) is 4.79 Å². The zero-order valence-electron chi connectivity index (χ0n) is 14.7. The van der Waals surface area contributed by atoms with Gasteiger partial charge < -0.3 is 9.47 Å². The van der Waals surface area contributed by atoms with Crippen molar-refractivity contribution < 1.29 is 23.9 Å². The first-order valence-electron chi connectivity index (χ1n) is 7.97. The quantitative estimate of drug-likeness (QED) is 0.413. The first-order valence-corrected chi connectivity index (χ1v) is 8.76. The zero-order valence-corrected chi connectivity index (χ0v) is 16.3. The third-order valence-corrected chi connectivity index (χ3v) is 4.87. The minimum absolute atomic E-state index is 0.0460. The van der Waals surface area contributed by atoms with Gasteiger partial charge in [-0.2, -0.15) is 0 Å². The number of nitrogens with zero attached hydrogens (tertiary/aromatic N) is 1. The predicted octanol–water partition coefficient (Wildman–Crippen LogP) is 3.46. The van der Waals surface area contributed by atoms with Gasteiger partial charge in [0.1, 0.15) is 5.75 Å². The van der Waals surface area contributed by atoms with Crippen LogP contribution < -0.4 is 9.64 Å². The van der Waals surface area contributed by atoms with Crippen molar-refractivity contribution in [3.05, 3.63) is 70.2 Å². The largest absolute Gasteiger partial charge is 0.497 e. The van der Waals surface area contributed by atoms with Crippen molar-refractivity contribution >= 4 is 39.3 Å². The molecule has 1 aliphatic heterocycles. The summed E-state index contributed by atoms with van der Waals surface area (Å²) in [5.41, 5.74) is 1.28. The standard InChI is InChI=1S/C20H16BrNO5/c1-11(20(25)27-3)17(12-4-6-13(21)7-5-12)22-16-9-8-14(26-2)10-15(16)18(23)19(22)24/h4-10,17H,1H2,2-3H3/t17-/m1/s1. The van der Waals surface area contributed by atoms with E-state index in [1.54, 1.807) is 36.4 Å². The van der Waals surface area contributed by atoms with Crippen LogP contribution in [-0.2, 0) is 14.3 Å². The molecule has 0 N–H and O–H groups in total. The van der Waals surface area contributed by atoms with Gasteiger partial charge >= 0.3 is 5.97 Å². The second-order valence-electron chi connectivity index (χ2n) is 5.86. The number of carbonyl (C=O) groups is 3. The van der Waals surface area contributed by atoms with Crippen molar-refractivity contribution in [1.82, 2.24) is 0 Å². The van der Waals surface area contributed by atoms with E-state index < -0.39 is 23.7 Å². The van der Waals surface area contributed by atoms with Crippen molar-refractivity contribution in [1.29, 1.82) is 0 Å². The number of carbonyl (C=O) groups excluding carboxylic acids is 3. The lowest BCUT2D eigenvalue weighted by Crippen LogP contribution is -2.36. The highest BCUT2D eigenvalue weighted by molar-refractivity contribution is 9.10. The summed E-state index contributed by atoms with van der Waals surface area (Å²) in [4.78, 5) is 38.8. The van der Waals surface area contributed by atoms with Crippen molar-refractivity contribution in [2.45, 2.75) is 6.04 Å². The number of fused-ring (bicyclic) bond motifs is 1. The molecule has 2 aromatic rings. The molecule has 0 saturated carbocycles. The molecule has 1 atom stereocenters. The fourth-order valence-electron chi connectivity index (χ4n) is 3.02. The molecule has 0 bridgehead atoms.